The third-order valence-corrected chi connectivity index (χ3v) is 4.72. The highest BCUT2D eigenvalue weighted by molar-refractivity contribution is 6.35. The van der Waals surface area contributed by atoms with E-state index in [1.807, 2.05) is 53.4 Å². The molecule has 0 saturated carbocycles. The van der Waals surface area contributed by atoms with Crippen LogP contribution >= 0.6 is 23.2 Å². The van der Waals surface area contributed by atoms with Crippen LogP contribution in [0.5, 0.6) is 5.75 Å². The quantitative estimate of drug-likeness (QED) is 0.667. The Morgan fingerprint density at radius 1 is 1.04 bits per heavy atom. The van der Waals surface area contributed by atoms with E-state index < -0.39 is 0 Å². The number of benzene rings is 2. The topological polar surface area (TPSA) is 34.5 Å². The van der Waals surface area contributed by atoms with E-state index in [2.05, 4.69) is 0 Å². The van der Waals surface area contributed by atoms with Gasteiger partial charge in [0, 0.05) is 28.1 Å². The lowest BCUT2D eigenvalue weighted by Gasteiger charge is -2.30. The Hall–Kier alpha value is -2.43. The molecule has 3 aromatic rings. The van der Waals surface area contributed by atoms with Gasteiger partial charge in [0.25, 0.3) is 5.91 Å². The SMILES string of the molecule is O=C1COc2ccc(-n3cccc3)cc2N1Cc1ccc(Cl)cc1Cl. The molecular weight excluding hydrogens is 359 g/mol. The fourth-order valence-electron chi connectivity index (χ4n) is 2.85. The van der Waals surface area contributed by atoms with E-state index >= 15 is 0 Å². The maximum atomic E-state index is 12.5. The van der Waals surface area contributed by atoms with E-state index in [9.17, 15) is 4.79 Å². The number of anilines is 1. The highest BCUT2D eigenvalue weighted by Gasteiger charge is 2.26. The number of carbonyl (C=O) groups excluding carboxylic acids is 1. The molecule has 2 aromatic carbocycles. The zero-order chi connectivity index (χ0) is 17.4. The summed E-state index contributed by atoms with van der Waals surface area (Å²) in [6, 6.07) is 15.0. The lowest BCUT2D eigenvalue weighted by Crippen LogP contribution is -2.38. The summed E-state index contributed by atoms with van der Waals surface area (Å²) in [5.74, 6) is 0.573. The van der Waals surface area contributed by atoms with Crippen molar-refractivity contribution in [2.75, 3.05) is 11.5 Å². The first kappa shape index (κ1) is 16.1. The van der Waals surface area contributed by atoms with Crippen molar-refractivity contribution in [2.24, 2.45) is 0 Å². The van der Waals surface area contributed by atoms with Crippen LogP contribution in [-0.2, 0) is 11.3 Å². The van der Waals surface area contributed by atoms with Crippen molar-refractivity contribution in [1.29, 1.82) is 0 Å². The van der Waals surface area contributed by atoms with Crippen molar-refractivity contribution in [3.8, 4) is 11.4 Å². The highest BCUT2D eigenvalue weighted by Crippen LogP contribution is 2.36. The van der Waals surface area contributed by atoms with E-state index in [1.54, 1.807) is 17.0 Å². The predicted molar refractivity (Wildman–Crippen MR) is 98.9 cm³/mol. The number of aromatic nitrogens is 1. The normalized spacial score (nSPS) is 13.5. The second-order valence-electron chi connectivity index (χ2n) is 5.75. The molecule has 4 rings (SSSR count). The van der Waals surface area contributed by atoms with Crippen LogP contribution < -0.4 is 9.64 Å². The molecule has 0 fully saturated rings. The van der Waals surface area contributed by atoms with Gasteiger partial charge >= 0.3 is 0 Å². The molecule has 1 aromatic heterocycles. The summed E-state index contributed by atoms with van der Waals surface area (Å²) in [5, 5.41) is 1.10. The van der Waals surface area contributed by atoms with Crippen LogP contribution in [0.4, 0.5) is 5.69 Å². The van der Waals surface area contributed by atoms with Gasteiger partial charge in [-0.25, -0.2) is 0 Å². The van der Waals surface area contributed by atoms with Crippen LogP contribution in [-0.4, -0.2) is 17.1 Å². The molecule has 0 N–H and O–H groups in total. The Bertz CT molecular complexity index is 939. The summed E-state index contributed by atoms with van der Waals surface area (Å²) in [7, 11) is 0. The molecule has 1 aliphatic heterocycles. The minimum atomic E-state index is -0.108. The van der Waals surface area contributed by atoms with Gasteiger partial charge in [0.15, 0.2) is 6.61 Å². The minimum absolute atomic E-state index is 0.0150. The fourth-order valence-corrected chi connectivity index (χ4v) is 3.32. The van der Waals surface area contributed by atoms with E-state index in [4.69, 9.17) is 27.9 Å². The molecule has 0 bridgehead atoms. The van der Waals surface area contributed by atoms with Gasteiger partial charge in [0.1, 0.15) is 5.75 Å². The molecule has 0 spiro atoms. The molecule has 0 radical (unpaired) electrons. The first-order valence-electron chi connectivity index (χ1n) is 7.76. The Kier molecular flexibility index (Phi) is 4.15. The van der Waals surface area contributed by atoms with Gasteiger partial charge in [0.2, 0.25) is 0 Å². The number of carbonyl (C=O) groups is 1. The van der Waals surface area contributed by atoms with Crippen LogP contribution in [0.15, 0.2) is 60.9 Å². The summed E-state index contributed by atoms with van der Waals surface area (Å²) in [6.07, 6.45) is 3.90. The molecular formula is C19H14Cl2N2O2. The average molecular weight is 373 g/mol. The average Bonchev–Trinajstić information content (AvgIpc) is 3.13. The largest absolute Gasteiger partial charge is 0.482 e. The lowest BCUT2D eigenvalue weighted by atomic mass is 10.1. The van der Waals surface area contributed by atoms with Gasteiger partial charge in [-0.05, 0) is 48.0 Å². The van der Waals surface area contributed by atoms with Crippen molar-refractivity contribution >= 4 is 34.8 Å². The highest BCUT2D eigenvalue weighted by atomic mass is 35.5. The zero-order valence-corrected chi connectivity index (χ0v) is 14.7. The van der Waals surface area contributed by atoms with E-state index in [-0.39, 0.29) is 12.5 Å². The van der Waals surface area contributed by atoms with Crippen LogP contribution in [0.3, 0.4) is 0 Å². The van der Waals surface area contributed by atoms with E-state index in [1.165, 1.54) is 0 Å². The molecule has 0 unspecified atom stereocenters. The molecule has 1 amide bonds. The summed E-state index contributed by atoms with van der Waals surface area (Å²) in [5.41, 5.74) is 2.52. The second-order valence-corrected chi connectivity index (χ2v) is 6.59. The number of rotatable bonds is 3. The van der Waals surface area contributed by atoms with Gasteiger partial charge in [0.05, 0.1) is 12.2 Å². The van der Waals surface area contributed by atoms with Crippen molar-refractivity contribution in [1.82, 2.24) is 4.57 Å². The number of ether oxygens (including phenoxy) is 1. The van der Waals surface area contributed by atoms with Gasteiger partial charge < -0.3 is 14.2 Å². The molecule has 25 heavy (non-hydrogen) atoms. The number of nitrogens with zero attached hydrogens (tertiary/aromatic N) is 2. The van der Waals surface area contributed by atoms with Crippen LogP contribution in [0.1, 0.15) is 5.56 Å². The first-order chi connectivity index (χ1) is 12.1. The number of hydrogen-bond acceptors (Lipinski definition) is 2. The van der Waals surface area contributed by atoms with E-state index in [0.29, 0.717) is 22.3 Å². The van der Waals surface area contributed by atoms with Gasteiger partial charge in [-0.3, -0.25) is 4.79 Å². The standard InChI is InChI=1S/C19H14Cl2N2O2/c20-14-4-3-13(16(21)9-14)11-23-17-10-15(22-7-1-2-8-22)5-6-18(17)25-12-19(23)24/h1-10H,11-12H2. The van der Waals surface area contributed by atoms with Gasteiger partial charge in [-0.15, -0.1) is 0 Å². The Morgan fingerprint density at radius 3 is 2.60 bits per heavy atom. The van der Waals surface area contributed by atoms with Gasteiger partial charge in [-0.1, -0.05) is 29.3 Å². The summed E-state index contributed by atoms with van der Waals surface area (Å²) >= 11 is 12.2. The molecule has 4 nitrogen and oxygen atoms in total. The van der Waals surface area contributed by atoms with Gasteiger partial charge in [-0.2, -0.15) is 0 Å². The fraction of sp³-hybridized carbons (Fsp3) is 0.105. The Balaban J connectivity index is 1.73. The third-order valence-electron chi connectivity index (χ3n) is 4.13. The molecule has 2 heterocycles. The summed E-state index contributed by atoms with van der Waals surface area (Å²) < 4.78 is 7.55. The Labute approximate surface area is 155 Å². The monoisotopic (exact) mass is 372 g/mol. The molecule has 0 aliphatic carbocycles. The Morgan fingerprint density at radius 2 is 1.84 bits per heavy atom. The maximum absolute atomic E-state index is 12.5. The van der Waals surface area contributed by atoms with Crippen molar-refractivity contribution < 1.29 is 9.53 Å². The number of fused-ring (bicyclic) bond motifs is 1. The van der Waals surface area contributed by atoms with Crippen molar-refractivity contribution in [3.05, 3.63) is 76.5 Å². The predicted octanol–water partition coefficient (Wildman–Crippen LogP) is 4.71. The van der Waals surface area contributed by atoms with Crippen LogP contribution in [0.25, 0.3) is 5.69 Å². The molecule has 1 aliphatic rings. The van der Waals surface area contributed by atoms with Crippen LogP contribution in [0, 0.1) is 0 Å². The van der Waals surface area contributed by atoms with Crippen molar-refractivity contribution in [2.45, 2.75) is 6.54 Å². The molecule has 0 atom stereocenters. The lowest BCUT2D eigenvalue weighted by molar-refractivity contribution is -0.121. The third kappa shape index (κ3) is 3.11. The number of hydrogen-bond donors (Lipinski definition) is 0. The number of amides is 1. The van der Waals surface area contributed by atoms with Crippen molar-refractivity contribution in [3.63, 3.8) is 0 Å². The zero-order valence-electron chi connectivity index (χ0n) is 13.2. The molecule has 126 valence electrons. The summed E-state index contributed by atoms with van der Waals surface area (Å²) in [4.78, 5) is 14.2. The second kappa shape index (κ2) is 6.47. The maximum Gasteiger partial charge on any atom is 0.265 e. The number of halogens is 2. The van der Waals surface area contributed by atoms with E-state index in [0.717, 1.165) is 16.9 Å². The summed E-state index contributed by atoms with van der Waals surface area (Å²) in [6.45, 7) is 0.376. The first-order valence-corrected chi connectivity index (χ1v) is 8.52. The molecule has 6 heteroatoms. The minimum Gasteiger partial charge on any atom is -0.482 e. The molecule has 0 saturated heterocycles. The smallest absolute Gasteiger partial charge is 0.265 e. The van der Waals surface area contributed by atoms with Crippen LogP contribution in [0.2, 0.25) is 10.0 Å².